The maximum Gasteiger partial charge on any atom is 0.336 e. The van der Waals surface area contributed by atoms with Gasteiger partial charge in [-0.1, -0.05) is 49.4 Å². The molecule has 3 heteroatoms. The van der Waals surface area contributed by atoms with E-state index in [0.29, 0.717) is 17.6 Å². The third-order valence-electron chi connectivity index (χ3n) is 3.56. The molecule has 2 aromatic carbocycles. The van der Waals surface area contributed by atoms with Crippen molar-refractivity contribution in [3.05, 3.63) is 65.7 Å². The van der Waals surface area contributed by atoms with E-state index in [2.05, 4.69) is 0 Å². The number of ether oxygens (including phenoxy) is 1. The summed E-state index contributed by atoms with van der Waals surface area (Å²) in [5.74, 6) is -0.186. The van der Waals surface area contributed by atoms with E-state index in [-0.39, 0.29) is 5.60 Å². The molecule has 0 saturated heterocycles. The molecule has 0 aliphatic rings. The second-order valence-corrected chi connectivity index (χ2v) is 6.62. The van der Waals surface area contributed by atoms with Gasteiger partial charge in [0, 0.05) is 0 Å². The Morgan fingerprint density at radius 2 is 1.54 bits per heavy atom. The Morgan fingerprint density at radius 3 is 2.00 bits per heavy atom. The second-order valence-electron chi connectivity index (χ2n) is 6.62. The van der Waals surface area contributed by atoms with Crippen LogP contribution in [-0.4, -0.2) is 16.7 Å². The first-order valence-corrected chi connectivity index (χ1v) is 8.13. The summed E-state index contributed by atoms with van der Waals surface area (Å²) < 4.78 is 5.80. The van der Waals surface area contributed by atoms with Crippen LogP contribution in [0.15, 0.2) is 54.6 Å². The summed E-state index contributed by atoms with van der Waals surface area (Å²) in [7, 11) is 0. The molecule has 0 radical (unpaired) electrons. The fraction of sp³-hybridized carbons (Fsp3) is 0.286. The van der Waals surface area contributed by atoms with Crippen LogP contribution in [0, 0.1) is 0 Å². The molecular formula is C21H24O3. The SMILES string of the molecule is CC/C(=C(/C(=O)O)c1ccc(OC(C)(C)C)cc1)c1ccccc1. The molecule has 0 fully saturated rings. The summed E-state index contributed by atoms with van der Waals surface area (Å²) in [5.41, 5.74) is 2.50. The van der Waals surface area contributed by atoms with E-state index in [1.54, 1.807) is 0 Å². The average Bonchev–Trinajstić information content (AvgIpc) is 2.52. The van der Waals surface area contributed by atoms with Crippen LogP contribution in [0.25, 0.3) is 11.1 Å². The number of hydrogen-bond acceptors (Lipinski definition) is 2. The third kappa shape index (κ3) is 4.48. The maximum atomic E-state index is 11.9. The Labute approximate surface area is 143 Å². The van der Waals surface area contributed by atoms with Crippen LogP contribution >= 0.6 is 0 Å². The van der Waals surface area contributed by atoms with Gasteiger partial charge < -0.3 is 9.84 Å². The molecule has 1 N–H and O–H groups in total. The van der Waals surface area contributed by atoms with Gasteiger partial charge in [0.15, 0.2) is 0 Å². The molecule has 126 valence electrons. The molecule has 0 aromatic heterocycles. The molecule has 0 aliphatic heterocycles. The minimum Gasteiger partial charge on any atom is -0.488 e. The van der Waals surface area contributed by atoms with Crippen LogP contribution in [0.1, 0.15) is 45.2 Å². The van der Waals surface area contributed by atoms with Gasteiger partial charge in [0.2, 0.25) is 0 Å². The van der Waals surface area contributed by atoms with Crippen molar-refractivity contribution in [3.63, 3.8) is 0 Å². The maximum absolute atomic E-state index is 11.9. The van der Waals surface area contributed by atoms with E-state index in [1.807, 2.05) is 82.3 Å². The largest absolute Gasteiger partial charge is 0.488 e. The summed E-state index contributed by atoms with van der Waals surface area (Å²) in [6.07, 6.45) is 0.645. The summed E-state index contributed by atoms with van der Waals surface area (Å²) in [5, 5.41) is 9.76. The zero-order chi connectivity index (χ0) is 17.7. The van der Waals surface area contributed by atoms with Gasteiger partial charge in [-0.2, -0.15) is 0 Å². The molecule has 24 heavy (non-hydrogen) atoms. The van der Waals surface area contributed by atoms with Crippen LogP contribution in [0.2, 0.25) is 0 Å². The number of allylic oxidation sites excluding steroid dienone is 1. The molecule has 2 rings (SSSR count). The van der Waals surface area contributed by atoms with Gasteiger partial charge in [-0.25, -0.2) is 4.79 Å². The van der Waals surface area contributed by atoms with Crippen LogP contribution in [0.4, 0.5) is 0 Å². The summed E-state index contributed by atoms with van der Waals surface area (Å²) in [4.78, 5) is 11.9. The van der Waals surface area contributed by atoms with Crippen molar-refractivity contribution in [2.24, 2.45) is 0 Å². The van der Waals surface area contributed by atoms with E-state index in [0.717, 1.165) is 16.9 Å². The summed E-state index contributed by atoms with van der Waals surface area (Å²) in [6.45, 7) is 7.92. The second kappa shape index (κ2) is 7.35. The van der Waals surface area contributed by atoms with Crippen molar-refractivity contribution < 1.29 is 14.6 Å². The van der Waals surface area contributed by atoms with Gasteiger partial charge in [-0.05, 0) is 56.0 Å². The molecule has 0 amide bonds. The number of benzene rings is 2. The summed E-state index contributed by atoms with van der Waals surface area (Å²) in [6, 6.07) is 16.9. The van der Waals surface area contributed by atoms with Crippen molar-refractivity contribution in [2.75, 3.05) is 0 Å². The standard InChI is InChI=1S/C21H24O3/c1-5-18(15-9-7-6-8-10-15)19(20(22)23)16-11-13-17(14-12-16)24-21(2,3)4/h6-14H,5H2,1-4H3,(H,22,23)/b19-18-. The van der Waals surface area contributed by atoms with Gasteiger partial charge in [-0.15, -0.1) is 0 Å². The highest BCUT2D eigenvalue weighted by Crippen LogP contribution is 2.30. The fourth-order valence-corrected chi connectivity index (χ4v) is 2.63. The monoisotopic (exact) mass is 324 g/mol. The first-order chi connectivity index (χ1) is 11.3. The van der Waals surface area contributed by atoms with Crippen molar-refractivity contribution in [1.29, 1.82) is 0 Å². The van der Waals surface area contributed by atoms with Crippen molar-refractivity contribution in [2.45, 2.75) is 39.7 Å². The number of rotatable bonds is 5. The number of aliphatic carboxylic acids is 1. The van der Waals surface area contributed by atoms with Gasteiger partial charge >= 0.3 is 5.97 Å². The van der Waals surface area contributed by atoms with E-state index in [1.165, 1.54) is 0 Å². The molecule has 0 spiro atoms. The van der Waals surface area contributed by atoms with Crippen LogP contribution in [0.5, 0.6) is 5.75 Å². The first-order valence-electron chi connectivity index (χ1n) is 8.13. The number of hydrogen-bond donors (Lipinski definition) is 1. The van der Waals surface area contributed by atoms with Crippen molar-refractivity contribution in [1.82, 2.24) is 0 Å². The Balaban J connectivity index is 2.47. The highest BCUT2D eigenvalue weighted by molar-refractivity contribution is 6.23. The van der Waals surface area contributed by atoms with Crippen molar-refractivity contribution >= 4 is 17.1 Å². The van der Waals surface area contributed by atoms with E-state index in [4.69, 9.17) is 4.74 Å². The average molecular weight is 324 g/mol. The molecule has 0 aliphatic carbocycles. The zero-order valence-electron chi connectivity index (χ0n) is 14.7. The third-order valence-corrected chi connectivity index (χ3v) is 3.56. The highest BCUT2D eigenvalue weighted by atomic mass is 16.5. The minimum atomic E-state index is -0.916. The van der Waals surface area contributed by atoms with E-state index >= 15 is 0 Å². The predicted molar refractivity (Wildman–Crippen MR) is 98.0 cm³/mol. The number of carboxylic acids is 1. The van der Waals surface area contributed by atoms with Crippen LogP contribution < -0.4 is 4.74 Å². The first kappa shape index (κ1) is 17.8. The molecule has 0 bridgehead atoms. The molecule has 2 aromatic rings. The normalized spacial score (nSPS) is 12.5. The van der Waals surface area contributed by atoms with Crippen molar-refractivity contribution in [3.8, 4) is 5.75 Å². The lowest BCUT2D eigenvalue weighted by Crippen LogP contribution is -2.22. The summed E-state index contributed by atoms with van der Waals surface area (Å²) >= 11 is 0. The lowest BCUT2D eigenvalue weighted by atomic mass is 9.93. The van der Waals surface area contributed by atoms with E-state index < -0.39 is 5.97 Å². The smallest absolute Gasteiger partial charge is 0.336 e. The fourth-order valence-electron chi connectivity index (χ4n) is 2.63. The minimum absolute atomic E-state index is 0.286. The lowest BCUT2D eigenvalue weighted by molar-refractivity contribution is -0.130. The predicted octanol–water partition coefficient (Wildman–Crippen LogP) is 5.27. The number of carboxylic acid groups (broad SMARTS) is 1. The zero-order valence-corrected chi connectivity index (χ0v) is 14.7. The molecule has 0 unspecified atom stereocenters. The molecule has 3 nitrogen and oxygen atoms in total. The van der Waals surface area contributed by atoms with E-state index in [9.17, 15) is 9.90 Å². The molecular weight excluding hydrogens is 300 g/mol. The van der Waals surface area contributed by atoms with Gasteiger partial charge in [0.05, 0.1) is 5.57 Å². The van der Waals surface area contributed by atoms with Crippen LogP contribution in [0.3, 0.4) is 0 Å². The molecule has 0 saturated carbocycles. The Kier molecular flexibility index (Phi) is 5.45. The van der Waals surface area contributed by atoms with Crippen LogP contribution in [-0.2, 0) is 4.79 Å². The number of carbonyl (C=O) groups is 1. The highest BCUT2D eigenvalue weighted by Gasteiger charge is 2.18. The Hall–Kier alpha value is -2.55. The van der Waals surface area contributed by atoms with Gasteiger partial charge in [-0.3, -0.25) is 0 Å². The Bertz CT molecular complexity index is 720. The molecule has 0 heterocycles. The van der Waals surface area contributed by atoms with Gasteiger partial charge in [0.1, 0.15) is 11.4 Å². The van der Waals surface area contributed by atoms with Gasteiger partial charge in [0.25, 0.3) is 0 Å². The topological polar surface area (TPSA) is 46.5 Å². The lowest BCUT2D eigenvalue weighted by Gasteiger charge is -2.21. The Morgan fingerprint density at radius 1 is 0.958 bits per heavy atom. The quantitative estimate of drug-likeness (QED) is 0.602. The molecule has 0 atom stereocenters.